The van der Waals surface area contributed by atoms with Crippen molar-refractivity contribution >= 4 is 11.8 Å². The molecule has 144 valence electrons. The normalized spacial score (nSPS) is 16.2. The Kier molecular flexibility index (Phi) is 5.20. The van der Waals surface area contributed by atoms with Gasteiger partial charge in [-0.1, -0.05) is 0 Å². The number of aromatic nitrogens is 2. The lowest BCUT2D eigenvalue weighted by atomic mass is 9.87. The zero-order chi connectivity index (χ0) is 19.6. The molecule has 0 spiro atoms. The van der Waals surface area contributed by atoms with Crippen LogP contribution >= 0.6 is 0 Å². The van der Waals surface area contributed by atoms with Crippen LogP contribution in [0.25, 0.3) is 0 Å². The molecule has 0 saturated carbocycles. The largest absolute Gasteiger partial charge is 0.324 e. The zero-order valence-corrected chi connectivity index (χ0v) is 14.7. The van der Waals surface area contributed by atoms with Gasteiger partial charge in [0.1, 0.15) is 17.3 Å². The first-order chi connectivity index (χ1) is 12.7. The van der Waals surface area contributed by atoms with E-state index in [0.717, 1.165) is 22.9 Å². The molecule has 0 unspecified atom stereocenters. The summed E-state index contributed by atoms with van der Waals surface area (Å²) in [5.74, 6) is -1.26. The number of carbonyl (C=O) groups excluding carboxylic acids is 1. The third-order valence-electron chi connectivity index (χ3n) is 4.59. The highest BCUT2D eigenvalue weighted by molar-refractivity contribution is 5.88. The maximum atomic E-state index is 15.0. The van der Waals surface area contributed by atoms with E-state index in [9.17, 15) is 18.4 Å². The summed E-state index contributed by atoms with van der Waals surface area (Å²) in [6, 6.07) is 5.21. The van der Waals surface area contributed by atoms with Gasteiger partial charge in [0.15, 0.2) is 5.82 Å². The fourth-order valence-electron chi connectivity index (χ4n) is 3.12. The average molecular weight is 380 g/mol. The van der Waals surface area contributed by atoms with Crippen LogP contribution in [0.1, 0.15) is 18.4 Å². The summed E-state index contributed by atoms with van der Waals surface area (Å²) in [5, 5.41) is 6.48. The number of nitrogens with one attached hydrogen (secondary N) is 1. The van der Waals surface area contributed by atoms with Crippen LogP contribution in [-0.2, 0) is 13.5 Å². The van der Waals surface area contributed by atoms with E-state index in [1.165, 1.54) is 24.1 Å². The van der Waals surface area contributed by atoms with E-state index in [1.54, 1.807) is 0 Å². The maximum Gasteiger partial charge on any atom is 0.323 e. The second-order valence-corrected chi connectivity index (χ2v) is 6.70. The van der Waals surface area contributed by atoms with Crippen molar-refractivity contribution in [1.29, 1.82) is 0 Å². The molecule has 2 heterocycles. The molecule has 2 amide bonds. The van der Waals surface area contributed by atoms with E-state index in [-0.39, 0.29) is 49.3 Å². The molecule has 2 aromatic rings. The number of hydrogen-bond acceptors (Lipinski definition) is 3. The first-order valence-corrected chi connectivity index (χ1v) is 8.48. The number of amides is 2. The number of anilines is 1. The lowest BCUT2D eigenvalue weighted by molar-refractivity contribution is 0.0743. The van der Waals surface area contributed by atoms with Gasteiger partial charge in [-0.25, -0.2) is 22.6 Å². The fourth-order valence-corrected chi connectivity index (χ4v) is 3.12. The van der Waals surface area contributed by atoms with E-state index in [4.69, 9.17) is 0 Å². The van der Waals surface area contributed by atoms with E-state index in [1.807, 2.05) is 0 Å². The number of piperidine rings is 1. The second-order valence-electron chi connectivity index (χ2n) is 6.70. The first kappa shape index (κ1) is 18.9. The average Bonchev–Trinajstić information content (AvgIpc) is 2.57. The van der Waals surface area contributed by atoms with Gasteiger partial charge < -0.3 is 4.90 Å². The summed E-state index contributed by atoms with van der Waals surface area (Å²) in [5.41, 5.74) is -1.68. The SMILES string of the molecule is Cn1nc(NC(=O)N2CCC(F)(Cc3cc(F)cc(F)c3)CC2)ccc1=O. The summed E-state index contributed by atoms with van der Waals surface area (Å²) < 4.78 is 42.7. The summed E-state index contributed by atoms with van der Waals surface area (Å²) in [6.07, 6.45) is -0.00198. The Morgan fingerprint density at radius 3 is 2.41 bits per heavy atom. The van der Waals surface area contributed by atoms with E-state index in [2.05, 4.69) is 10.4 Å². The molecule has 0 atom stereocenters. The number of carbonyl (C=O) groups is 1. The Hall–Kier alpha value is -2.84. The Balaban J connectivity index is 1.59. The van der Waals surface area contributed by atoms with E-state index in [0.29, 0.717) is 0 Å². The molecule has 1 fully saturated rings. The molecule has 9 heteroatoms. The van der Waals surface area contributed by atoms with Crippen LogP contribution in [0.3, 0.4) is 0 Å². The van der Waals surface area contributed by atoms with Gasteiger partial charge in [-0.15, -0.1) is 0 Å². The molecule has 0 radical (unpaired) electrons. The number of alkyl halides is 1. The molecule has 0 aliphatic carbocycles. The number of benzene rings is 1. The summed E-state index contributed by atoms with van der Waals surface area (Å²) >= 11 is 0. The number of rotatable bonds is 3. The third-order valence-corrected chi connectivity index (χ3v) is 4.59. The van der Waals surface area contributed by atoms with Crippen molar-refractivity contribution in [2.75, 3.05) is 18.4 Å². The Bertz CT molecular complexity index is 887. The highest BCUT2D eigenvalue weighted by Gasteiger charge is 2.36. The number of urea groups is 1. The van der Waals surface area contributed by atoms with Gasteiger partial charge in [0, 0.05) is 38.7 Å². The summed E-state index contributed by atoms with van der Waals surface area (Å²) in [4.78, 5) is 25.0. The van der Waals surface area contributed by atoms with Gasteiger partial charge in [-0.05, 0) is 36.6 Å². The van der Waals surface area contributed by atoms with Crippen molar-refractivity contribution in [3.05, 3.63) is 57.9 Å². The molecular weight excluding hydrogens is 361 g/mol. The van der Waals surface area contributed by atoms with Gasteiger partial charge in [0.05, 0.1) is 0 Å². The minimum Gasteiger partial charge on any atom is -0.324 e. The van der Waals surface area contributed by atoms with Crippen molar-refractivity contribution in [3.8, 4) is 0 Å². The van der Waals surface area contributed by atoms with Crippen molar-refractivity contribution in [2.24, 2.45) is 7.05 Å². The molecule has 0 bridgehead atoms. The second kappa shape index (κ2) is 7.42. The Morgan fingerprint density at radius 1 is 1.19 bits per heavy atom. The lowest BCUT2D eigenvalue weighted by Crippen LogP contribution is -2.47. The molecule has 1 aliphatic heterocycles. The first-order valence-electron chi connectivity index (χ1n) is 8.48. The number of aryl methyl sites for hydroxylation is 1. The molecule has 6 nitrogen and oxygen atoms in total. The van der Waals surface area contributed by atoms with Crippen LogP contribution in [0, 0.1) is 11.6 Å². The maximum absolute atomic E-state index is 15.0. The van der Waals surface area contributed by atoms with Crippen molar-refractivity contribution in [2.45, 2.75) is 24.9 Å². The fraction of sp³-hybridized carbons (Fsp3) is 0.389. The quantitative estimate of drug-likeness (QED) is 0.890. The van der Waals surface area contributed by atoms with Crippen LogP contribution in [0.5, 0.6) is 0 Å². The predicted molar refractivity (Wildman–Crippen MR) is 93.2 cm³/mol. The highest BCUT2D eigenvalue weighted by Crippen LogP contribution is 2.31. The Labute approximate surface area is 153 Å². The third kappa shape index (κ3) is 4.66. The highest BCUT2D eigenvalue weighted by atomic mass is 19.1. The zero-order valence-electron chi connectivity index (χ0n) is 14.7. The van der Waals surface area contributed by atoms with Crippen LogP contribution in [0.15, 0.2) is 35.1 Å². The standard InChI is InChI=1S/C18H19F3N4O2/c1-24-16(26)3-2-15(23-24)22-17(27)25-6-4-18(21,5-7-25)11-12-8-13(19)10-14(20)9-12/h2-3,8-10H,4-7,11H2,1H3,(H,22,23,27). The summed E-state index contributed by atoms with van der Waals surface area (Å²) in [6.45, 7) is 0.317. The van der Waals surface area contributed by atoms with Crippen LogP contribution in [0.2, 0.25) is 0 Å². The molecular formula is C18H19F3N4O2. The number of likely N-dealkylation sites (tertiary alicyclic amines) is 1. The summed E-state index contributed by atoms with van der Waals surface area (Å²) in [7, 11) is 1.46. The molecule has 1 aliphatic rings. The molecule has 3 rings (SSSR count). The number of nitrogens with zero attached hydrogens (tertiary/aromatic N) is 3. The molecule has 27 heavy (non-hydrogen) atoms. The van der Waals surface area contributed by atoms with Crippen molar-refractivity contribution in [1.82, 2.24) is 14.7 Å². The van der Waals surface area contributed by atoms with Gasteiger partial charge >= 0.3 is 6.03 Å². The number of hydrogen-bond donors (Lipinski definition) is 1. The van der Waals surface area contributed by atoms with E-state index >= 15 is 4.39 Å². The Morgan fingerprint density at radius 2 is 1.81 bits per heavy atom. The lowest BCUT2D eigenvalue weighted by Gasteiger charge is -2.36. The van der Waals surface area contributed by atoms with Gasteiger partial charge in [0.2, 0.25) is 0 Å². The minimum absolute atomic E-state index is 0.0548. The number of halogens is 3. The predicted octanol–water partition coefficient (Wildman–Crippen LogP) is 2.64. The molecule has 1 aromatic heterocycles. The van der Waals surface area contributed by atoms with Gasteiger partial charge in [0.25, 0.3) is 5.56 Å². The molecule has 1 N–H and O–H groups in total. The van der Waals surface area contributed by atoms with Crippen molar-refractivity contribution in [3.63, 3.8) is 0 Å². The van der Waals surface area contributed by atoms with Gasteiger partial charge in [-0.3, -0.25) is 10.1 Å². The smallest absolute Gasteiger partial charge is 0.323 e. The monoisotopic (exact) mass is 380 g/mol. The van der Waals surface area contributed by atoms with Crippen LogP contribution in [-0.4, -0.2) is 39.5 Å². The van der Waals surface area contributed by atoms with Crippen LogP contribution in [0.4, 0.5) is 23.8 Å². The van der Waals surface area contributed by atoms with Crippen molar-refractivity contribution < 1.29 is 18.0 Å². The van der Waals surface area contributed by atoms with Crippen LogP contribution < -0.4 is 10.9 Å². The topological polar surface area (TPSA) is 67.2 Å². The minimum atomic E-state index is -1.63. The van der Waals surface area contributed by atoms with E-state index < -0.39 is 23.3 Å². The molecule has 1 saturated heterocycles. The molecule has 1 aromatic carbocycles. The van der Waals surface area contributed by atoms with Gasteiger partial charge in [-0.2, -0.15) is 5.10 Å².